The Morgan fingerprint density at radius 1 is 1.20 bits per heavy atom. The largest absolute Gasteiger partial charge is 0.393 e. The van der Waals surface area contributed by atoms with E-state index in [1.165, 1.54) is 12.7 Å². The van der Waals surface area contributed by atoms with Gasteiger partial charge in [-0.15, -0.1) is 0 Å². The molecule has 1 aliphatic heterocycles. The first-order chi connectivity index (χ1) is 9.40. The van der Waals surface area contributed by atoms with Crippen LogP contribution in [0.2, 0.25) is 0 Å². The van der Waals surface area contributed by atoms with Crippen molar-refractivity contribution < 1.29 is 13.5 Å². The lowest BCUT2D eigenvalue weighted by molar-refractivity contribution is 0.0298. The molecule has 1 heterocycles. The molecule has 5 heteroatoms. The molecule has 1 saturated heterocycles. The third-order valence-electron chi connectivity index (χ3n) is 5.22. The van der Waals surface area contributed by atoms with Crippen LogP contribution in [0.1, 0.15) is 51.9 Å². The summed E-state index contributed by atoms with van der Waals surface area (Å²) in [7, 11) is -3.06. The Morgan fingerprint density at radius 3 is 2.60 bits per heavy atom. The van der Waals surface area contributed by atoms with Crippen LogP contribution < -0.4 is 0 Å². The van der Waals surface area contributed by atoms with E-state index in [2.05, 4.69) is 6.92 Å². The molecule has 4 atom stereocenters. The Morgan fingerprint density at radius 2 is 1.95 bits per heavy atom. The van der Waals surface area contributed by atoms with Crippen LogP contribution in [0, 0.1) is 17.8 Å². The normalized spacial score (nSPS) is 37.0. The molecule has 0 radical (unpaired) electrons. The summed E-state index contributed by atoms with van der Waals surface area (Å²) in [6.45, 7) is 3.55. The molecular weight excluding hydrogens is 274 g/mol. The summed E-state index contributed by atoms with van der Waals surface area (Å²) in [6, 6.07) is 0. The van der Waals surface area contributed by atoms with E-state index in [4.69, 9.17) is 0 Å². The minimum atomic E-state index is -3.06. The van der Waals surface area contributed by atoms with Gasteiger partial charge in [0.25, 0.3) is 0 Å². The maximum absolute atomic E-state index is 11.7. The summed E-state index contributed by atoms with van der Waals surface area (Å²) in [6.07, 6.45) is 8.56. The number of aliphatic hydroxyl groups is 1. The van der Waals surface area contributed by atoms with Crippen LogP contribution in [0.25, 0.3) is 0 Å². The summed E-state index contributed by atoms with van der Waals surface area (Å²) >= 11 is 0. The number of piperidine rings is 1. The lowest BCUT2D eigenvalue weighted by Crippen LogP contribution is -2.41. The Hall–Kier alpha value is -0.130. The predicted octanol–water partition coefficient (Wildman–Crippen LogP) is 2.24. The van der Waals surface area contributed by atoms with Crippen molar-refractivity contribution in [1.29, 1.82) is 0 Å². The molecule has 0 spiro atoms. The first-order valence-electron chi connectivity index (χ1n) is 8.03. The fourth-order valence-corrected chi connectivity index (χ4v) is 4.86. The molecule has 118 valence electrons. The second-order valence-electron chi connectivity index (χ2n) is 6.78. The molecule has 4 nitrogen and oxygen atoms in total. The van der Waals surface area contributed by atoms with Crippen molar-refractivity contribution in [2.75, 3.05) is 19.3 Å². The molecule has 2 rings (SSSR count). The van der Waals surface area contributed by atoms with Gasteiger partial charge in [-0.3, -0.25) is 0 Å². The first kappa shape index (κ1) is 16.2. The van der Waals surface area contributed by atoms with E-state index in [-0.39, 0.29) is 6.10 Å². The number of sulfonamides is 1. The summed E-state index contributed by atoms with van der Waals surface area (Å²) < 4.78 is 24.9. The zero-order valence-corrected chi connectivity index (χ0v) is 13.6. The smallest absolute Gasteiger partial charge is 0.211 e. The van der Waals surface area contributed by atoms with Crippen molar-refractivity contribution >= 4 is 10.0 Å². The molecule has 20 heavy (non-hydrogen) atoms. The minimum Gasteiger partial charge on any atom is -0.393 e. The number of nitrogens with zero attached hydrogens (tertiary/aromatic N) is 1. The van der Waals surface area contributed by atoms with Gasteiger partial charge in [0.1, 0.15) is 0 Å². The molecule has 4 unspecified atom stereocenters. The van der Waals surface area contributed by atoms with E-state index in [9.17, 15) is 13.5 Å². The van der Waals surface area contributed by atoms with Gasteiger partial charge in [-0.1, -0.05) is 13.3 Å². The fourth-order valence-electron chi connectivity index (χ4n) is 3.92. The molecule has 1 N–H and O–H groups in total. The molecular formula is C15H29NO3S. The van der Waals surface area contributed by atoms with Crippen LogP contribution in [0.3, 0.4) is 0 Å². The maximum Gasteiger partial charge on any atom is 0.211 e. The van der Waals surface area contributed by atoms with Gasteiger partial charge in [0.05, 0.1) is 12.4 Å². The van der Waals surface area contributed by atoms with Crippen LogP contribution in [-0.2, 0) is 10.0 Å². The Bertz CT molecular complexity index is 409. The van der Waals surface area contributed by atoms with Crippen molar-refractivity contribution in [2.24, 2.45) is 17.8 Å². The molecule has 2 fully saturated rings. The van der Waals surface area contributed by atoms with Crippen molar-refractivity contribution in [3.8, 4) is 0 Å². The maximum atomic E-state index is 11.7. The van der Waals surface area contributed by atoms with Crippen LogP contribution in [0.4, 0.5) is 0 Å². The number of hydrogen-bond donors (Lipinski definition) is 1. The van der Waals surface area contributed by atoms with Gasteiger partial charge in [0.2, 0.25) is 10.0 Å². The van der Waals surface area contributed by atoms with Gasteiger partial charge in [0.15, 0.2) is 0 Å². The zero-order valence-electron chi connectivity index (χ0n) is 12.8. The van der Waals surface area contributed by atoms with E-state index < -0.39 is 10.0 Å². The second-order valence-corrected chi connectivity index (χ2v) is 8.76. The Balaban J connectivity index is 1.91. The van der Waals surface area contributed by atoms with Gasteiger partial charge in [-0.25, -0.2) is 12.7 Å². The van der Waals surface area contributed by atoms with E-state index >= 15 is 0 Å². The van der Waals surface area contributed by atoms with Crippen molar-refractivity contribution in [3.63, 3.8) is 0 Å². The zero-order chi connectivity index (χ0) is 14.8. The lowest BCUT2D eigenvalue weighted by Gasteiger charge is -2.38. The van der Waals surface area contributed by atoms with E-state index in [1.54, 1.807) is 4.31 Å². The predicted molar refractivity (Wildman–Crippen MR) is 80.9 cm³/mol. The van der Waals surface area contributed by atoms with Gasteiger partial charge in [-0.2, -0.15) is 0 Å². The molecule has 0 amide bonds. The number of hydrogen-bond acceptors (Lipinski definition) is 3. The highest BCUT2D eigenvalue weighted by Crippen LogP contribution is 2.36. The summed E-state index contributed by atoms with van der Waals surface area (Å²) in [5.41, 5.74) is 0. The summed E-state index contributed by atoms with van der Waals surface area (Å²) in [5.74, 6) is 1.55. The highest BCUT2D eigenvalue weighted by Gasteiger charge is 2.33. The van der Waals surface area contributed by atoms with Crippen LogP contribution in [0.15, 0.2) is 0 Å². The van der Waals surface area contributed by atoms with Gasteiger partial charge in [-0.05, 0) is 56.3 Å². The molecule has 1 saturated carbocycles. The standard InChI is InChI=1S/C15H29NO3S/c1-3-12-6-7-15(17)14(9-12)10-13-5-4-8-16(11-13)20(2,18)19/h12-15,17H,3-11H2,1-2H3. The average molecular weight is 303 g/mol. The van der Waals surface area contributed by atoms with Crippen molar-refractivity contribution in [1.82, 2.24) is 4.31 Å². The van der Waals surface area contributed by atoms with Crippen molar-refractivity contribution in [3.05, 3.63) is 0 Å². The fraction of sp³-hybridized carbons (Fsp3) is 1.00. The lowest BCUT2D eigenvalue weighted by atomic mass is 9.74. The molecule has 0 bridgehead atoms. The third kappa shape index (κ3) is 4.18. The van der Waals surface area contributed by atoms with E-state index in [0.29, 0.717) is 24.9 Å². The van der Waals surface area contributed by atoms with E-state index in [0.717, 1.165) is 44.4 Å². The van der Waals surface area contributed by atoms with Crippen LogP contribution in [-0.4, -0.2) is 43.3 Å². The summed E-state index contributed by atoms with van der Waals surface area (Å²) in [4.78, 5) is 0. The molecule has 0 aromatic carbocycles. The Kier molecular flexibility index (Phi) is 5.49. The monoisotopic (exact) mass is 303 g/mol. The minimum absolute atomic E-state index is 0.175. The van der Waals surface area contributed by atoms with Gasteiger partial charge in [0, 0.05) is 13.1 Å². The highest BCUT2D eigenvalue weighted by atomic mass is 32.2. The second kappa shape index (κ2) is 6.75. The van der Waals surface area contributed by atoms with Crippen molar-refractivity contribution in [2.45, 2.75) is 58.0 Å². The number of aliphatic hydroxyl groups excluding tert-OH is 1. The van der Waals surface area contributed by atoms with E-state index in [1.807, 2.05) is 0 Å². The molecule has 2 aliphatic rings. The average Bonchev–Trinajstić information content (AvgIpc) is 2.41. The highest BCUT2D eigenvalue weighted by molar-refractivity contribution is 7.88. The van der Waals surface area contributed by atoms with Gasteiger partial charge < -0.3 is 5.11 Å². The molecule has 1 aliphatic carbocycles. The first-order valence-corrected chi connectivity index (χ1v) is 9.88. The van der Waals surface area contributed by atoms with Crippen LogP contribution >= 0.6 is 0 Å². The van der Waals surface area contributed by atoms with Crippen LogP contribution in [0.5, 0.6) is 0 Å². The van der Waals surface area contributed by atoms with Gasteiger partial charge >= 0.3 is 0 Å². The molecule has 0 aromatic rings. The quantitative estimate of drug-likeness (QED) is 0.866. The number of rotatable bonds is 4. The summed E-state index contributed by atoms with van der Waals surface area (Å²) in [5, 5.41) is 10.2. The third-order valence-corrected chi connectivity index (χ3v) is 6.48. The molecule has 0 aromatic heterocycles. The Labute approximate surface area is 123 Å². The topological polar surface area (TPSA) is 57.6 Å². The SMILES string of the molecule is CCC1CCC(O)C(CC2CCCN(S(C)(=O)=O)C2)C1.